The summed E-state index contributed by atoms with van der Waals surface area (Å²) in [6, 6.07) is 21.6. The zero-order chi connectivity index (χ0) is 44.5. The van der Waals surface area contributed by atoms with Gasteiger partial charge in [-0.05, 0) is 112 Å². The van der Waals surface area contributed by atoms with Crippen LogP contribution in [-0.4, -0.2) is 78.4 Å². The molecule has 60 heavy (non-hydrogen) atoms. The molecular formula is C49H70O9Si2. The lowest BCUT2D eigenvalue weighted by atomic mass is 9.97. The summed E-state index contributed by atoms with van der Waals surface area (Å²) >= 11 is 0. The summed E-state index contributed by atoms with van der Waals surface area (Å²) in [5.41, 5.74) is 4.64. The molecule has 1 aliphatic rings. The Morgan fingerprint density at radius 1 is 0.900 bits per heavy atom. The van der Waals surface area contributed by atoms with Crippen molar-refractivity contribution in [2.24, 2.45) is 0 Å². The van der Waals surface area contributed by atoms with Gasteiger partial charge in [-0.1, -0.05) is 107 Å². The second-order valence-electron chi connectivity index (χ2n) is 19.1. The predicted molar refractivity (Wildman–Crippen MR) is 246 cm³/mol. The number of hydrogen-bond acceptors (Lipinski definition) is 9. The Labute approximate surface area is 361 Å². The first kappa shape index (κ1) is 48.8. The van der Waals surface area contributed by atoms with E-state index in [1.807, 2.05) is 101 Å². The number of carbonyl (C=O) groups excluding carboxylic acids is 2. The van der Waals surface area contributed by atoms with Crippen LogP contribution in [0.4, 0.5) is 0 Å². The van der Waals surface area contributed by atoms with E-state index in [1.165, 1.54) is 0 Å². The summed E-state index contributed by atoms with van der Waals surface area (Å²) in [5, 5.41) is -0.0214. The van der Waals surface area contributed by atoms with Crippen LogP contribution in [0, 0.1) is 13.8 Å². The average molecular weight is 859 g/mol. The summed E-state index contributed by atoms with van der Waals surface area (Å²) in [5.74, 6) is -1.01. The first-order chi connectivity index (χ1) is 28.0. The van der Waals surface area contributed by atoms with E-state index in [9.17, 15) is 9.59 Å². The van der Waals surface area contributed by atoms with Gasteiger partial charge in [-0.25, -0.2) is 9.59 Å². The number of esters is 2. The molecule has 11 heteroatoms. The van der Waals surface area contributed by atoms with Crippen molar-refractivity contribution in [1.82, 2.24) is 0 Å². The zero-order valence-electron chi connectivity index (χ0n) is 38.5. The van der Waals surface area contributed by atoms with Gasteiger partial charge < -0.3 is 32.8 Å². The minimum Gasteiger partial charge on any atom is -0.497 e. The molecule has 9 nitrogen and oxygen atoms in total. The standard InChI is InChI=1S/C49H70O9Si2/c1-34-31-35(2)44(47(51)53-29-30-59(10,11)12)39(32-34)21-18-22-43-45(57-49(7,8)56-43)42(55-46(50)38-19-16-15-17-20-38)28-27-41(36(3)58-60(13,14)48(4,5)6)54-33-37-23-25-40(52-9)26-24-37/h15-21,23-28,31-32,36,41-43,45H,22,29-30,33H2,1-14H3/b21-18+,28-27-/t36-,41-,42?,43+,45+/m0/s1. The quantitative estimate of drug-likeness (QED) is 0.0663. The Kier molecular flexibility index (Phi) is 16.9. The Hall–Kier alpha value is -3.85. The molecular weight excluding hydrogens is 789 g/mol. The van der Waals surface area contributed by atoms with Gasteiger partial charge in [-0.15, -0.1) is 0 Å². The van der Waals surface area contributed by atoms with Crippen LogP contribution in [0.2, 0.25) is 43.8 Å². The first-order valence-electron chi connectivity index (χ1n) is 21.2. The summed E-state index contributed by atoms with van der Waals surface area (Å²) in [6.07, 6.45) is 5.28. The van der Waals surface area contributed by atoms with Gasteiger partial charge >= 0.3 is 11.9 Å². The van der Waals surface area contributed by atoms with Gasteiger partial charge in [0.15, 0.2) is 14.1 Å². The minimum absolute atomic E-state index is 0.0214. The van der Waals surface area contributed by atoms with E-state index in [-0.39, 0.29) is 17.1 Å². The lowest BCUT2D eigenvalue weighted by molar-refractivity contribution is -0.152. The van der Waals surface area contributed by atoms with E-state index < -0.39 is 52.6 Å². The summed E-state index contributed by atoms with van der Waals surface area (Å²) < 4.78 is 44.0. The molecule has 0 aliphatic carbocycles. The van der Waals surface area contributed by atoms with Crippen LogP contribution in [0.15, 0.2) is 85.0 Å². The van der Waals surface area contributed by atoms with E-state index in [2.05, 4.69) is 53.5 Å². The van der Waals surface area contributed by atoms with Crippen molar-refractivity contribution in [2.45, 2.75) is 149 Å². The van der Waals surface area contributed by atoms with Crippen molar-refractivity contribution in [1.29, 1.82) is 0 Å². The number of benzene rings is 3. The van der Waals surface area contributed by atoms with Crippen molar-refractivity contribution in [3.8, 4) is 5.75 Å². The van der Waals surface area contributed by atoms with Crippen LogP contribution in [0.5, 0.6) is 5.75 Å². The maximum absolute atomic E-state index is 13.7. The Bertz CT molecular complexity index is 1920. The van der Waals surface area contributed by atoms with Crippen LogP contribution in [0.1, 0.15) is 90.9 Å². The minimum atomic E-state index is -2.21. The fraction of sp³-hybridized carbons (Fsp3) is 0.510. The monoisotopic (exact) mass is 858 g/mol. The number of carbonyl (C=O) groups is 2. The molecule has 0 N–H and O–H groups in total. The molecule has 1 saturated heterocycles. The third-order valence-electron chi connectivity index (χ3n) is 11.1. The lowest BCUT2D eigenvalue weighted by Gasteiger charge is -2.40. The lowest BCUT2D eigenvalue weighted by Crippen LogP contribution is -2.46. The van der Waals surface area contributed by atoms with Gasteiger partial charge in [0.05, 0.1) is 43.7 Å². The molecule has 3 aromatic rings. The topological polar surface area (TPSA) is 98.8 Å². The Balaban J connectivity index is 1.67. The summed E-state index contributed by atoms with van der Waals surface area (Å²) in [7, 11) is -1.94. The molecule has 5 atom stereocenters. The highest BCUT2D eigenvalue weighted by molar-refractivity contribution is 6.76. The van der Waals surface area contributed by atoms with Crippen molar-refractivity contribution >= 4 is 34.4 Å². The zero-order valence-corrected chi connectivity index (χ0v) is 40.5. The van der Waals surface area contributed by atoms with Crippen LogP contribution in [-0.2, 0) is 34.7 Å². The molecule has 3 aromatic carbocycles. The summed E-state index contributed by atoms with van der Waals surface area (Å²) in [4.78, 5) is 27.2. The Morgan fingerprint density at radius 2 is 1.57 bits per heavy atom. The van der Waals surface area contributed by atoms with Gasteiger partial charge in [0.1, 0.15) is 24.1 Å². The van der Waals surface area contributed by atoms with Crippen LogP contribution in [0.25, 0.3) is 6.08 Å². The number of methoxy groups -OCH3 is 1. The fourth-order valence-electron chi connectivity index (χ4n) is 6.76. The van der Waals surface area contributed by atoms with E-state index in [0.29, 0.717) is 30.8 Å². The smallest absolute Gasteiger partial charge is 0.338 e. The summed E-state index contributed by atoms with van der Waals surface area (Å²) in [6.45, 7) is 28.3. The van der Waals surface area contributed by atoms with Crippen molar-refractivity contribution in [3.05, 3.63) is 118 Å². The predicted octanol–water partition coefficient (Wildman–Crippen LogP) is 11.5. The van der Waals surface area contributed by atoms with Gasteiger partial charge in [0.25, 0.3) is 0 Å². The maximum atomic E-state index is 13.7. The highest BCUT2D eigenvalue weighted by atomic mass is 28.4. The largest absolute Gasteiger partial charge is 0.497 e. The van der Waals surface area contributed by atoms with E-state index in [1.54, 1.807) is 31.4 Å². The molecule has 0 radical (unpaired) electrons. The number of rotatable bonds is 19. The van der Waals surface area contributed by atoms with Gasteiger partial charge in [-0.2, -0.15) is 0 Å². The third-order valence-corrected chi connectivity index (χ3v) is 17.4. The molecule has 1 fully saturated rings. The van der Waals surface area contributed by atoms with Crippen LogP contribution in [0.3, 0.4) is 0 Å². The van der Waals surface area contributed by atoms with E-state index in [4.69, 9.17) is 32.8 Å². The van der Waals surface area contributed by atoms with Crippen molar-refractivity contribution in [3.63, 3.8) is 0 Å². The Morgan fingerprint density at radius 3 is 2.18 bits per heavy atom. The average Bonchev–Trinajstić information content (AvgIpc) is 3.46. The van der Waals surface area contributed by atoms with Gasteiger partial charge in [0.2, 0.25) is 0 Å². The molecule has 1 heterocycles. The molecule has 1 aliphatic heterocycles. The molecule has 0 spiro atoms. The SMILES string of the molecule is COc1ccc(CO[C@@H](/C=C\C(OC(=O)c2ccccc2)[C@H]2OC(C)(C)O[C@@H]2C/C=C/c2cc(C)cc(C)c2C(=O)OCC[Si](C)(C)C)[C@H](C)O[Si](C)(C)C(C)(C)C)cc1. The molecule has 1 unspecified atom stereocenters. The van der Waals surface area contributed by atoms with Gasteiger partial charge in [0, 0.05) is 8.07 Å². The molecule has 0 amide bonds. The second-order valence-corrected chi connectivity index (χ2v) is 29.5. The van der Waals surface area contributed by atoms with Crippen molar-refractivity contribution in [2.75, 3.05) is 13.7 Å². The number of ether oxygens (including phenoxy) is 6. The van der Waals surface area contributed by atoms with Crippen LogP contribution >= 0.6 is 0 Å². The highest BCUT2D eigenvalue weighted by Crippen LogP contribution is 2.38. The fourth-order valence-corrected chi connectivity index (χ4v) is 8.89. The molecule has 0 aromatic heterocycles. The van der Waals surface area contributed by atoms with E-state index in [0.717, 1.165) is 34.0 Å². The van der Waals surface area contributed by atoms with Crippen molar-refractivity contribution < 1.29 is 42.4 Å². The first-order valence-corrected chi connectivity index (χ1v) is 27.8. The van der Waals surface area contributed by atoms with Gasteiger partial charge in [-0.3, -0.25) is 0 Å². The molecule has 0 bridgehead atoms. The number of aryl methyl sites for hydroxylation is 2. The second kappa shape index (κ2) is 20.8. The van der Waals surface area contributed by atoms with E-state index >= 15 is 0 Å². The highest BCUT2D eigenvalue weighted by Gasteiger charge is 2.46. The molecule has 328 valence electrons. The maximum Gasteiger partial charge on any atom is 0.338 e. The molecule has 0 saturated carbocycles. The normalized spacial score (nSPS) is 18.7. The van der Waals surface area contributed by atoms with Crippen LogP contribution < -0.4 is 4.74 Å². The number of hydrogen-bond donors (Lipinski definition) is 0. The molecule has 4 rings (SSSR count). The third kappa shape index (κ3) is 14.4.